The Morgan fingerprint density at radius 2 is 1.72 bits per heavy atom. The molecule has 136 valence electrons. The number of benzene rings is 1. The molecule has 0 unspecified atom stereocenters. The standard InChI is InChI=1S/C21H30N2O2/c1-14(2)7-12-20-16(5)22-23(17(20)6)21(24)18-8-10-19(11-9-18)25-13-15(3)4/h8-11,14-15H,7,12-13H2,1-6H3. The molecule has 2 rings (SSSR count). The van der Waals surface area contributed by atoms with Gasteiger partial charge in [0.15, 0.2) is 0 Å². The molecule has 1 aromatic carbocycles. The van der Waals surface area contributed by atoms with E-state index in [4.69, 9.17) is 4.74 Å². The zero-order valence-corrected chi connectivity index (χ0v) is 16.3. The first-order chi connectivity index (χ1) is 11.8. The summed E-state index contributed by atoms with van der Waals surface area (Å²) in [7, 11) is 0. The summed E-state index contributed by atoms with van der Waals surface area (Å²) < 4.78 is 7.21. The Morgan fingerprint density at radius 3 is 2.28 bits per heavy atom. The second kappa shape index (κ2) is 8.32. The van der Waals surface area contributed by atoms with Crippen molar-refractivity contribution in [3.8, 4) is 5.75 Å². The van der Waals surface area contributed by atoms with Crippen LogP contribution in [0.3, 0.4) is 0 Å². The molecule has 0 aliphatic carbocycles. The highest BCUT2D eigenvalue weighted by Gasteiger charge is 2.18. The van der Waals surface area contributed by atoms with Crippen molar-refractivity contribution >= 4 is 5.91 Å². The first-order valence-corrected chi connectivity index (χ1v) is 9.12. The highest BCUT2D eigenvalue weighted by Crippen LogP contribution is 2.20. The number of rotatable bonds is 7. The van der Waals surface area contributed by atoms with Crippen LogP contribution in [0.2, 0.25) is 0 Å². The van der Waals surface area contributed by atoms with E-state index < -0.39 is 0 Å². The molecule has 0 bridgehead atoms. The number of hydrogen-bond donors (Lipinski definition) is 0. The van der Waals surface area contributed by atoms with Gasteiger partial charge in [-0.05, 0) is 68.4 Å². The van der Waals surface area contributed by atoms with Gasteiger partial charge in [-0.2, -0.15) is 5.10 Å². The van der Waals surface area contributed by atoms with Gasteiger partial charge in [0.25, 0.3) is 5.91 Å². The molecule has 0 radical (unpaired) electrons. The molecule has 4 heteroatoms. The Bertz CT molecular complexity index is 712. The van der Waals surface area contributed by atoms with Gasteiger partial charge in [0.2, 0.25) is 0 Å². The number of hydrogen-bond acceptors (Lipinski definition) is 3. The fraction of sp³-hybridized carbons (Fsp3) is 0.524. The monoisotopic (exact) mass is 342 g/mol. The number of ether oxygens (including phenoxy) is 1. The van der Waals surface area contributed by atoms with Crippen LogP contribution >= 0.6 is 0 Å². The van der Waals surface area contributed by atoms with Crippen LogP contribution in [0, 0.1) is 25.7 Å². The summed E-state index contributed by atoms with van der Waals surface area (Å²) >= 11 is 0. The molecule has 1 aromatic heterocycles. The third-order valence-corrected chi connectivity index (χ3v) is 4.29. The van der Waals surface area contributed by atoms with Crippen molar-refractivity contribution in [1.82, 2.24) is 9.78 Å². The Labute approximate surface area is 151 Å². The normalized spacial score (nSPS) is 11.4. The summed E-state index contributed by atoms with van der Waals surface area (Å²) in [5.74, 6) is 1.81. The van der Waals surface area contributed by atoms with Gasteiger partial charge in [-0.15, -0.1) is 0 Å². The molecule has 0 saturated carbocycles. The largest absolute Gasteiger partial charge is 0.493 e. The van der Waals surface area contributed by atoms with Gasteiger partial charge in [0.05, 0.1) is 12.3 Å². The maximum atomic E-state index is 12.8. The molecular weight excluding hydrogens is 312 g/mol. The van der Waals surface area contributed by atoms with Gasteiger partial charge in [0, 0.05) is 11.3 Å². The maximum Gasteiger partial charge on any atom is 0.278 e. The maximum absolute atomic E-state index is 12.8. The van der Waals surface area contributed by atoms with E-state index in [1.54, 1.807) is 0 Å². The Hall–Kier alpha value is -2.10. The first kappa shape index (κ1) is 19.2. The molecule has 0 atom stereocenters. The molecule has 0 saturated heterocycles. The van der Waals surface area contributed by atoms with E-state index in [0.717, 1.165) is 30.0 Å². The van der Waals surface area contributed by atoms with Gasteiger partial charge in [0.1, 0.15) is 5.75 Å². The van der Waals surface area contributed by atoms with E-state index >= 15 is 0 Å². The zero-order chi connectivity index (χ0) is 18.6. The lowest BCUT2D eigenvalue weighted by Crippen LogP contribution is -2.15. The highest BCUT2D eigenvalue weighted by molar-refractivity contribution is 5.96. The fourth-order valence-electron chi connectivity index (χ4n) is 2.75. The molecule has 0 aliphatic rings. The first-order valence-electron chi connectivity index (χ1n) is 9.12. The molecule has 0 aliphatic heterocycles. The number of aromatic nitrogens is 2. The Kier molecular flexibility index (Phi) is 6.40. The van der Waals surface area contributed by atoms with Crippen LogP contribution in [-0.4, -0.2) is 22.3 Å². The summed E-state index contributed by atoms with van der Waals surface area (Å²) in [4.78, 5) is 12.8. The van der Waals surface area contributed by atoms with Crippen molar-refractivity contribution < 1.29 is 9.53 Å². The van der Waals surface area contributed by atoms with E-state index in [9.17, 15) is 4.79 Å². The van der Waals surface area contributed by atoms with Gasteiger partial charge >= 0.3 is 0 Å². The van der Waals surface area contributed by atoms with Crippen LogP contribution in [-0.2, 0) is 6.42 Å². The summed E-state index contributed by atoms with van der Waals surface area (Å²) in [5, 5.41) is 4.48. The van der Waals surface area contributed by atoms with E-state index in [1.165, 1.54) is 10.2 Å². The highest BCUT2D eigenvalue weighted by atomic mass is 16.5. The zero-order valence-electron chi connectivity index (χ0n) is 16.3. The number of aryl methyl sites for hydroxylation is 1. The lowest BCUT2D eigenvalue weighted by Gasteiger charge is -2.09. The van der Waals surface area contributed by atoms with Crippen LogP contribution in [0.25, 0.3) is 0 Å². The molecule has 25 heavy (non-hydrogen) atoms. The molecule has 4 nitrogen and oxygen atoms in total. The second-order valence-corrected chi connectivity index (χ2v) is 7.53. The minimum Gasteiger partial charge on any atom is -0.493 e. The summed E-state index contributed by atoms with van der Waals surface area (Å²) in [6.45, 7) is 13.3. The lowest BCUT2D eigenvalue weighted by atomic mass is 10.0. The quantitative estimate of drug-likeness (QED) is 0.725. The minimum atomic E-state index is -0.0909. The van der Waals surface area contributed by atoms with E-state index in [0.29, 0.717) is 24.0 Å². The van der Waals surface area contributed by atoms with Crippen LogP contribution in [0.15, 0.2) is 24.3 Å². The molecule has 1 heterocycles. The topological polar surface area (TPSA) is 44.1 Å². The van der Waals surface area contributed by atoms with Crippen molar-refractivity contribution in [1.29, 1.82) is 0 Å². The van der Waals surface area contributed by atoms with Crippen molar-refractivity contribution in [2.75, 3.05) is 6.61 Å². The third-order valence-electron chi connectivity index (χ3n) is 4.29. The minimum absolute atomic E-state index is 0.0909. The SMILES string of the molecule is Cc1nn(C(=O)c2ccc(OCC(C)C)cc2)c(C)c1CCC(C)C. The number of nitrogens with zero attached hydrogens (tertiary/aromatic N) is 2. The van der Waals surface area contributed by atoms with Crippen LogP contribution < -0.4 is 4.74 Å². The van der Waals surface area contributed by atoms with E-state index in [-0.39, 0.29) is 5.91 Å². The Balaban J connectivity index is 2.16. The number of carbonyl (C=O) groups is 1. The van der Waals surface area contributed by atoms with Crippen molar-refractivity contribution in [3.63, 3.8) is 0 Å². The van der Waals surface area contributed by atoms with Gasteiger partial charge in [-0.3, -0.25) is 4.79 Å². The molecular formula is C21H30N2O2. The predicted molar refractivity (Wildman–Crippen MR) is 101 cm³/mol. The fourth-order valence-corrected chi connectivity index (χ4v) is 2.75. The average Bonchev–Trinajstić information content (AvgIpc) is 2.85. The van der Waals surface area contributed by atoms with Crippen molar-refractivity contribution in [2.24, 2.45) is 11.8 Å². The van der Waals surface area contributed by atoms with Gasteiger partial charge < -0.3 is 4.74 Å². The third kappa shape index (κ3) is 4.94. The van der Waals surface area contributed by atoms with Crippen LogP contribution in [0.1, 0.15) is 61.4 Å². The van der Waals surface area contributed by atoms with Crippen LogP contribution in [0.5, 0.6) is 5.75 Å². The summed E-state index contributed by atoms with van der Waals surface area (Å²) in [5.41, 5.74) is 3.71. The molecule has 0 spiro atoms. The Morgan fingerprint density at radius 1 is 1.08 bits per heavy atom. The summed E-state index contributed by atoms with van der Waals surface area (Å²) in [6.07, 6.45) is 2.06. The van der Waals surface area contributed by atoms with Crippen molar-refractivity contribution in [2.45, 2.75) is 54.4 Å². The van der Waals surface area contributed by atoms with Gasteiger partial charge in [-0.1, -0.05) is 27.7 Å². The van der Waals surface area contributed by atoms with E-state index in [2.05, 4.69) is 32.8 Å². The average molecular weight is 342 g/mol. The molecule has 0 fully saturated rings. The smallest absolute Gasteiger partial charge is 0.278 e. The predicted octanol–water partition coefficient (Wildman–Crippen LogP) is 4.81. The lowest BCUT2D eigenvalue weighted by molar-refractivity contribution is 0.0942. The van der Waals surface area contributed by atoms with E-state index in [1.807, 2.05) is 38.1 Å². The van der Waals surface area contributed by atoms with Crippen LogP contribution in [0.4, 0.5) is 0 Å². The summed E-state index contributed by atoms with van der Waals surface area (Å²) in [6, 6.07) is 7.31. The molecule has 0 N–H and O–H groups in total. The molecule has 2 aromatic rings. The van der Waals surface area contributed by atoms with Crippen molar-refractivity contribution in [3.05, 3.63) is 46.8 Å². The number of carbonyl (C=O) groups excluding carboxylic acids is 1. The second-order valence-electron chi connectivity index (χ2n) is 7.53. The molecule has 0 amide bonds. The van der Waals surface area contributed by atoms with Gasteiger partial charge in [-0.25, -0.2) is 4.68 Å².